The fourth-order valence-electron chi connectivity index (χ4n) is 1.65. The summed E-state index contributed by atoms with van der Waals surface area (Å²) in [5.41, 5.74) is 1.08. The van der Waals surface area contributed by atoms with Gasteiger partial charge in [-0.1, -0.05) is 30.3 Å². The van der Waals surface area contributed by atoms with Crippen LogP contribution in [0.5, 0.6) is 0 Å². The highest BCUT2D eigenvalue weighted by Gasteiger charge is 2.30. The van der Waals surface area contributed by atoms with Gasteiger partial charge in [0.05, 0.1) is 19.8 Å². The van der Waals surface area contributed by atoms with Crippen molar-refractivity contribution in [2.75, 3.05) is 20.3 Å². The first-order valence-electron chi connectivity index (χ1n) is 5.76. The number of rotatable bonds is 5. The predicted molar refractivity (Wildman–Crippen MR) is 62.7 cm³/mol. The van der Waals surface area contributed by atoms with E-state index in [1.54, 1.807) is 0 Å². The summed E-state index contributed by atoms with van der Waals surface area (Å²) < 4.78 is 20.6. The Balaban J connectivity index is 1.70. The Morgan fingerprint density at radius 2 is 2.11 bits per heavy atom. The van der Waals surface area contributed by atoms with Gasteiger partial charge in [0.1, 0.15) is 6.10 Å². The van der Waals surface area contributed by atoms with E-state index in [4.69, 9.17) is 18.9 Å². The third-order valence-corrected chi connectivity index (χ3v) is 2.54. The number of carbonyl (C=O) groups excluding carboxylic acids is 1. The summed E-state index contributed by atoms with van der Waals surface area (Å²) in [5, 5.41) is 0. The molecule has 98 valence electrons. The van der Waals surface area contributed by atoms with Crippen LogP contribution in [-0.2, 0) is 30.3 Å². The molecule has 2 rings (SSSR count). The second-order valence-electron chi connectivity index (χ2n) is 3.96. The van der Waals surface area contributed by atoms with Crippen LogP contribution in [0.1, 0.15) is 5.56 Å². The number of hydrogen-bond acceptors (Lipinski definition) is 5. The SMILES string of the molecule is CO[C@H]1OC[C@H](COCc2ccccc2)OC1=O. The largest absolute Gasteiger partial charge is 0.454 e. The van der Waals surface area contributed by atoms with Crippen molar-refractivity contribution in [1.29, 1.82) is 0 Å². The molecule has 1 aromatic carbocycles. The number of benzene rings is 1. The lowest BCUT2D eigenvalue weighted by atomic mass is 10.2. The van der Waals surface area contributed by atoms with Crippen LogP contribution in [0.3, 0.4) is 0 Å². The summed E-state index contributed by atoms with van der Waals surface area (Å²) >= 11 is 0. The minimum absolute atomic E-state index is 0.291. The molecule has 1 fully saturated rings. The van der Waals surface area contributed by atoms with Crippen LogP contribution >= 0.6 is 0 Å². The van der Waals surface area contributed by atoms with Crippen LogP contribution in [0.4, 0.5) is 0 Å². The summed E-state index contributed by atoms with van der Waals surface area (Å²) in [5.74, 6) is -0.503. The van der Waals surface area contributed by atoms with Gasteiger partial charge in [0.25, 0.3) is 6.29 Å². The Morgan fingerprint density at radius 3 is 2.78 bits per heavy atom. The van der Waals surface area contributed by atoms with E-state index in [2.05, 4.69) is 0 Å². The fourth-order valence-corrected chi connectivity index (χ4v) is 1.65. The van der Waals surface area contributed by atoms with Crippen LogP contribution in [0.15, 0.2) is 30.3 Å². The Labute approximate surface area is 106 Å². The average molecular weight is 252 g/mol. The zero-order valence-corrected chi connectivity index (χ0v) is 10.2. The molecule has 1 saturated heterocycles. The van der Waals surface area contributed by atoms with E-state index in [9.17, 15) is 4.79 Å². The fraction of sp³-hybridized carbons (Fsp3) is 0.462. The first kappa shape index (κ1) is 13.0. The molecule has 1 aliphatic rings. The third kappa shape index (κ3) is 3.53. The van der Waals surface area contributed by atoms with Gasteiger partial charge in [-0.25, -0.2) is 4.79 Å². The summed E-state index contributed by atoms with van der Waals surface area (Å²) in [6, 6.07) is 9.80. The van der Waals surface area contributed by atoms with Gasteiger partial charge >= 0.3 is 5.97 Å². The Kier molecular flexibility index (Phi) is 4.69. The van der Waals surface area contributed by atoms with Gasteiger partial charge in [0.15, 0.2) is 0 Å². The zero-order chi connectivity index (χ0) is 12.8. The minimum atomic E-state index is -0.907. The van der Waals surface area contributed by atoms with Gasteiger partial charge in [-0.2, -0.15) is 0 Å². The maximum absolute atomic E-state index is 11.3. The smallest absolute Gasteiger partial charge is 0.363 e. The topological polar surface area (TPSA) is 54.0 Å². The highest BCUT2D eigenvalue weighted by atomic mass is 16.7. The van der Waals surface area contributed by atoms with E-state index in [-0.39, 0.29) is 6.10 Å². The van der Waals surface area contributed by atoms with Crippen molar-refractivity contribution in [3.05, 3.63) is 35.9 Å². The van der Waals surface area contributed by atoms with Crippen LogP contribution in [0, 0.1) is 0 Å². The molecule has 0 N–H and O–H groups in total. The van der Waals surface area contributed by atoms with Crippen LogP contribution in [0.25, 0.3) is 0 Å². The Bertz CT molecular complexity index is 378. The molecule has 0 amide bonds. The van der Waals surface area contributed by atoms with E-state index in [1.807, 2.05) is 30.3 Å². The molecule has 0 unspecified atom stereocenters. The Hall–Kier alpha value is -1.43. The van der Waals surface area contributed by atoms with Gasteiger partial charge in [-0.3, -0.25) is 0 Å². The molecule has 0 saturated carbocycles. The second-order valence-corrected chi connectivity index (χ2v) is 3.96. The number of hydrogen-bond donors (Lipinski definition) is 0. The number of ether oxygens (including phenoxy) is 4. The minimum Gasteiger partial charge on any atom is -0.454 e. The lowest BCUT2D eigenvalue weighted by molar-refractivity contribution is -0.228. The molecule has 0 bridgehead atoms. The average Bonchev–Trinajstić information content (AvgIpc) is 2.40. The first-order valence-corrected chi connectivity index (χ1v) is 5.76. The molecule has 0 spiro atoms. The van der Waals surface area contributed by atoms with E-state index >= 15 is 0 Å². The molecule has 5 heteroatoms. The first-order chi connectivity index (χ1) is 8.79. The van der Waals surface area contributed by atoms with E-state index in [0.717, 1.165) is 5.56 Å². The standard InChI is InChI=1S/C13H16O5/c1-15-13-12(14)18-11(9-17-13)8-16-7-10-5-3-2-4-6-10/h2-6,11,13H,7-9H2,1H3/t11-,13-/m0/s1. The second kappa shape index (κ2) is 6.49. The van der Waals surface area contributed by atoms with Gasteiger partial charge in [-0.15, -0.1) is 0 Å². The Morgan fingerprint density at radius 1 is 1.33 bits per heavy atom. The maximum Gasteiger partial charge on any atom is 0.363 e. The van der Waals surface area contributed by atoms with E-state index < -0.39 is 12.3 Å². The molecule has 0 aliphatic carbocycles. The quantitative estimate of drug-likeness (QED) is 0.735. The van der Waals surface area contributed by atoms with Crippen molar-refractivity contribution in [3.63, 3.8) is 0 Å². The lowest BCUT2D eigenvalue weighted by Crippen LogP contribution is -2.43. The van der Waals surface area contributed by atoms with Crippen molar-refractivity contribution < 1.29 is 23.7 Å². The summed E-state index contributed by atoms with van der Waals surface area (Å²) in [4.78, 5) is 11.3. The van der Waals surface area contributed by atoms with Crippen molar-refractivity contribution in [3.8, 4) is 0 Å². The number of carbonyl (C=O) groups is 1. The molecule has 2 atom stereocenters. The van der Waals surface area contributed by atoms with Gasteiger partial charge in [0.2, 0.25) is 0 Å². The molecule has 1 heterocycles. The highest BCUT2D eigenvalue weighted by Crippen LogP contribution is 2.10. The van der Waals surface area contributed by atoms with Crippen molar-refractivity contribution >= 4 is 5.97 Å². The molecule has 0 radical (unpaired) electrons. The summed E-state index contributed by atoms with van der Waals surface area (Å²) in [7, 11) is 1.40. The predicted octanol–water partition coefficient (Wildman–Crippen LogP) is 1.12. The molecule has 0 aromatic heterocycles. The van der Waals surface area contributed by atoms with Crippen molar-refractivity contribution in [1.82, 2.24) is 0 Å². The number of methoxy groups -OCH3 is 1. The summed E-state index contributed by atoms with van der Waals surface area (Å²) in [6.45, 7) is 1.10. The molecule has 5 nitrogen and oxygen atoms in total. The molecular weight excluding hydrogens is 236 g/mol. The van der Waals surface area contributed by atoms with Gasteiger partial charge in [-0.05, 0) is 5.56 Å². The molecular formula is C13H16O5. The highest BCUT2D eigenvalue weighted by molar-refractivity contribution is 5.73. The monoisotopic (exact) mass is 252 g/mol. The number of esters is 1. The number of cyclic esters (lactones) is 1. The maximum atomic E-state index is 11.3. The summed E-state index contributed by atoms with van der Waals surface area (Å²) in [6.07, 6.45) is -1.28. The van der Waals surface area contributed by atoms with Crippen molar-refractivity contribution in [2.45, 2.75) is 19.0 Å². The van der Waals surface area contributed by atoms with Gasteiger partial charge in [0, 0.05) is 7.11 Å². The van der Waals surface area contributed by atoms with Gasteiger partial charge < -0.3 is 18.9 Å². The van der Waals surface area contributed by atoms with E-state index in [1.165, 1.54) is 7.11 Å². The van der Waals surface area contributed by atoms with Crippen LogP contribution in [-0.4, -0.2) is 38.7 Å². The third-order valence-electron chi connectivity index (χ3n) is 2.54. The molecule has 1 aliphatic heterocycles. The lowest BCUT2D eigenvalue weighted by Gasteiger charge is -2.27. The van der Waals surface area contributed by atoms with Crippen LogP contribution < -0.4 is 0 Å². The normalized spacial score (nSPS) is 23.7. The van der Waals surface area contributed by atoms with Crippen molar-refractivity contribution in [2.24, 2.45) is 0 Å². The molecule has 18 heavy (non-hydrogen) atoms. The van der Waals surface area contributed by atoms with Crippen LogP contribution in [0.2, 0.25) is 0 Å². The van der Waals surface area contributed by atoms with E-state index in [0.29, 0.717) is 19.8 Å². The molecule has 1 aromatic rings. The zero-order valence-electron chi connectivity index (χ0n) is 10.2.